The van der Waals surface area contributed by atoms with E-state index in [4.69, 9.17) is 5.73 Å². The number of rotatable bonds is 2. The molecule has 70 valence electrons. The molecule has 0 unspecified atom stereocenters. The Morgan fingerprint density at radius 2 is 2.23 bits per heavy atom. The van der Waals surface area contributed by atoms with Crippen molar-refractivity contribution in [2.24, 2.45) is 5.73 Å². The van der Waals surface area contributed by atoms with Crippen molar-refractivity contribution >= 4 is 28.5 Å². The maximum Gasteiger partial charge on any atom is 0.268 e. The Labute approximate surface area is 86.5 Å². The van der Waals surface area contributed by atoms with Crippen molar-refractivity contribution in [3.63, 3.8) is 0 Å². The van der Waals surface area contributed by atoms with Gasteiger partial charge in [0.1, 0.15) is 5.69 Å². The molecule has 0 radical (unpaired) electrons. The lowest BCUT2D eigenvalue weighted by Crippen LogP contribution is -2.15. The largest absolute Gasteiger partial charge is 0.364 e. The van der Waals surface area contributed by atoms with Crippen LogP contribution in [0.1, 0.15) is 22.5 Å². The lowest BCUT2D eigenvalue weighted by Gasteiger charge is -2.04. The fourth-order valence-corrected chi connectivity index (χ4v) is 1.62. The van der Waals surface area contributed by atoms with Crippen molar-refractivity contribution < 1.29 is 13.6 Å². The van der Waals surface area contributed by atoms with Crippen LogP contribution >= 0.6 is 22.6 Å². The number of amides is 1. The molecule has 3 nitrogen and oxygen atoms in total. The maximum absolute atomic E-state index is 12.3. The molecule has 0 aliphatic carbocycles. The first kappa shape index (κ1) is 10.3. The first-order chi connectivity index (χ1) is 6.04. The Kier molecular flexibility index (Phi) is 3.12. The number of alkyl halides is 2. The molecule has 6 heteroatoms. The molecule has 0 aromatic carbocycles. The van der Waals surface area contributed by atoms with Gasteiger partial charge >= 0.3 is 0 Å². The van der Waals surface area contributed by atoms with Crippen LogP contribution in [0, 0.1) is 3.57 Å². The van der Waals surface area contributed by atoms with Gasteiger partial charge in [-0.2, -0.15) is 0 Å². The molecular formula is C7H5F2IN2O. The van der Waals surface area contributed by atoms with E-state index < -0.39 is 12.3 Å². The summed E-state index contributed by atoms with van der Waals surface area (Å²) in [6, 6.07) is 1.17. The lowest BCUT2D eigenvalue weighted by atomic mass is 10.2. The van der Waals surface area contributed by atoms with Crippen LogP contribution in [-0.4, -0.2) is 10.9 Å². The Balaban J connectivity index is 3.26. The molecule has 1 aromatic rings. The number of hydrogen-bond acceptors (Lipinski definition) is 2. The summed E-state index contributed by atoms with van der Waals surface area (Å²) in [6.45, 7) is 0. The zero-order valence-corrected chi connectivity index (χ0v) is 8.46. The van der Waals surface area contributed by atoms with E-state index in [1.807, 2.05) is 0 Å². The van der Waals surface area contributed by atoms with Crippen molar-refractivity contribution in [1.82, 2.24) is 4.98 Å². The number of nitrogens with zero attached hydrogens (tertiary/aromatic N) is 1. The molecule has 1 amide bonds. The van der Waals surface area contributed by atoms with Crippen molar-refractivity contribution in [1.29, 1.82) is 0 Å². The minimum absolute atomic E-state index is 0.113. The summed E-state index contributed by atoms with van der Waals surface area (Å²) in [4.78, 5) is 14.3. The molecule has 0 fully saturated rings. The highest BCUT2D eigenvalue weighted by Gasteiger charge is 2.17. The van der Waals surface area contributed by atoms with E-state index in [1.165, 1.54) is 6.07 Å². The third-order valence-corrected chi connectivity index (χ3v) is 2.52. The summed E-state index contributed by atoms with van der Waals surface area (Å²) in [5.41, 5.74) is 4.60. The summed E-state index contributed by atoms with van der Waals surface area (Å²) in [6.07, 6.45) is -1.47. The van der Waals surface area contributed by atoms with E-state index in [0.29, 0.717) is 0 Å². The monoisotopic (exact) mass is 298 g/mol. The van der Waals surface area contributed by atoms with Crippen LogP contribution in [0.15, 0.2) is 12.3 Å². The van der Waals surface area contributed by atoms with Crippen LogP contribution in [0.25, 0.3) is 0 Å². The van der Waals surface area contributed by atoms with E-state index >= 15 is 0 Å². The number of carbonyl (C=O) groups excluding carboxylic acids is 1. The standard InChI is InChI=1S/C7H5F2IN2O/c8-6(9)3-1-2-12-5(4(3)10)7(11)13/h1-2,6H,(H2,11,13). The molecule has 1 aromatic heterocycles. The molecule has 13 heavy (non-hydrogen) atoms. The van der Waals surface area contributed by atoms with Crippen LogP contribution in [-0.2, 0) is 0 Å². The van der Waals surface area contributed by atoms with Gasteiger partial charge in [0.05, 0.1) is 3.57 Å². The van der Waals surface area contributed by atoms with Gasteiger partial charge in [-0.15, -0.1) is 0 Å². The molecule has 1 heterocycles. The van der Waals surface area contributed by atoms with Gasteiger partial charge in [0.2, 0.25) is 0 Å². The SMILES string of the molecule is NC(=O)c1nccc(C(F)F)c1I. The molecule has 0 bridgehead atoms. The fourth-order valence-electron chi connectivity index (χ4n) is 0.799. The molecule has 0 saturated heterocycles. The third kappa shape index (κ3) is 2.11. The summed E-state index contributed by atoms with van der Waals surface area (Å²) < 4.78 is 24.7. The summed E-state index contributed by atoms with van der Waals surface area (Å²) >= 11 is 1.63. The predicted octanol–water partition coefficient (Wildman–Crippen LogP) is 1.72. The molecular weight excluding hydrogens is 293 g/mol. The molecule has 0 aliphatic heterocycles. The highest BCUT2D eigenvalue weighted by atomic mass is 127. The van der Waals surface area contributed by atoms with Crippen LogP contribution in [0.2, 0.25) is 0 Å². The second-order valence-corrected chi connectivity index (χ2v) is 3.31. The first-order valence-electron chi connectivity index (χ1n) is 3.26. The van der Waals surface area contributed by atoms with Gasteiger partial charge in [-0.3, -0.25) is 4.79 Å². The second kappa shape index (κ2) is 3.95. The number of aromatic nitrogens is 1. The average molecular weight is 298 g/mol. The maximum atomic E-state index is 12.3. The van der Waals surface area contributed by atoms with E-state index in [2.05, 4.69) is 4.98 Å². The smallest absolute Gasteiger partial charge is 0.268 e. The van der Waals surface area contributed by atoms with Gasteiger partial charge in [-0.1, -0.05) is 0 Å². The first-order valence-corrected chi connectivity index (χ1v) is 4.34. The van der Waals surface area contributed by atoms with E-state index in [1.54, 1.807) is 22.6 Å². The number of primary amides is 1. The zero-order valence-electron chi connectivity index (χ0n) is 6.30. The number of pyridine rings is 1. The number of nitrogens with two attached hydrogens (primary N) is 1. The van der Waals surface area contributed by atoms with Crippen molar-refractivity contribution in [2.75, 3.05) is 0 Å². The van der Waals surface area contributed by atoms with Crippen LogP contribution in [0.3, 0.4) is 0 Å². The quantitative estimate of drug-likeness (QED) is 0.845. The topological polar surface area (TPSA) is 56.0 Å². The van der Waals surface area contributed by atoms with Crippen LogP contribution in [0.4, 0.5) is 8.78 Å². The second-order valence-electron chi connectivity index (χ2n) is 2.23. The number of halogens is 3. The van der Waals surface area contributed by atoms with E-state index in [-0.39, 0.29) is 14.8 Å². The van der Waals surface area contributed by atoms with Gasteiger partial charge in [0.15, 0.2) is 0 Å². The minimum atomic E-state index is -2.62. The Bertz CT molecular complexity index is 343. The summed E-state index contributed by atoms with van der Waals surface area (Å²) in [7, 11) is 0. The van der Waals surface area contributed by atoms with E-state index in [0.717, 1.165) is 6.20 Å². The van der Waals surface area contributed by atoms with Crippen molar-refractivity contribution in [2.45, 2.75) is 6.43 Å². The van der Waals surface area contributed by atoms with Crippen LogP contribution in [0.5, 0.6) is 0 Å². The minimum Gasteiger partial charge on any atom is -0.364 e. The Morgan fingerprint density at radius 3 is 2.69 bits per heavy atom. The normalized spacial score (nSPS) is 10.5. The lowest BCUT2D eigenvalue weighted by molar-refractivity contribution is 0.0993. The van der Waals surface area contributed by atoms with Gasteiger partial charge in [-0.25, -0.2) is 13.8 Å². The molecule has 0 saturated carbocycles. The van der Waals surface area contributed by atoms with Gasteiger partial charge < -0.3 is 5.73 Å². The average Bonchev–Trinajstić information content (AvgIpc) is 2.03. The molecule has 0 atom stereocenters. The molecule has 1 rings (SSSR count). The number of carbonyl (C=O) groups is 1. The summed E-state index contributed by atoms with van der Waals surface area (Å²) in [5, 5.41) is 0. The van der Waals surface area contributed by atoms with Crippen molar-refractivity contribution in [3.8, 4) is 0 Å². The number of hydrogen-bond donors (Lipinski definition) is 1. The highest BCUT2D eigenvalue weighted by molar-refractivity contribution is 14.1. The van der Waals surface area contributed by atoms with Gasteiger partial charge in [0, 0.05) is 11.8 Å². The Morgan fingerprint density at radius 1 is 1.62 bits per heavy atom. The fraction of sp³-hybridized carbons (Fsp3) is 0.143. The van der Waals surface area contributed by atoms with Crippen LogP contribution < -0.4 is 5.73 Å². The zero-order chi connectivity index (χ0) is 10.0. The van der Waals surface area contributed by atoms with Crippen molar-refractivity contribution in [3.05, 3.63) is 27.1 Å². The Hall–Kier alpha value is -0.790. The molecule has 2 N–H and O–H groups in total. The van der Waals surface area contributed by atoms with Gasteiger partial charge in [-0.05, 0) is 28.7 Å². The highest BCUT2D eigenvalue weighted by Crippen LogP contribution is 2.25. The van der Waals surface area contributed by atoms with E-state index in [9.17, 15) is 13.6 Å². The summed E-state index contributed by atoms with van der Waals surface area (Å²) in [5.74, 6) is -0.799. The predicted molar refractivity (Wildman–Crippen MR) is 50.4 cm³/mol. The molecule has 0 spiro atoms. The van der Waals surface area contributed by atoms with Gasteiger partial charge in [0.25, 0.3) is 12.3 Å². The third-order valence-electron chi connectivity index (χ3n) is 1.39. The molecule has 0 aliphatic rings.